The fraction of sp³-hybridized carbons (Fsp3) is 0.889. The van der Waals surface area contributed by atoms with Crippen molar-refractivity contribution in [3.05, 3.63) is 0 Å². The van der Waals surface area contributed by atoms with Gasteiger partial charge in [-0.25, -0.2) is 8.78 Å². The van der Waals surface area contributed by atoms with Crippen LogP contribution in [0.5, 0.6) is 0 Å². The first kappa shape index (κ1) is 11.4. The van der Waals surface area contributed by atoms with Crippen LogP contribution in [-0.4, -0.2) is 43.4 Å². The summed E-state index contributed by atoms with van der Waals surface area (Å²) in [7, 11) is 1.43. The summed E-state index contributed by atoms with van der Waals surface area (Å²) in [5.41, 5.74) is 0. The molecule has 1 rings (SSSR count). The Balaban J connectivity index is 2.47. The number of carbonyl (C=O) groups is 1. The third kappa shape index (κ3) is 2.64. The van der Waals surface area contributed by atoms with E-state index in [0.29, 0.717) is 0 Å². The SMILES string of the molecule is CC1NCCC1C(=O)N(C)CC(F)F. The van der Waals surface area contributed by atoms with E-state index in [2.05, 4.69) is 5.32 Å². The minimum absolute atomic E-state index is 0.0997. The van der Waals surface area contributed by atoms with Gasteiger partial charge >= 0.3 is 0 Å². The van der Waals surface area contributed by atoms with E-state index in [9.17, 15) is 13.6 Å². The molecular formula is C9H16F2N2O. The number of nitrogens with one attached hydrogen (secondary N) is 1. The Hall–Kier alpha value is -0.710. The zero-order valence-corrected chi connectivity index (χ0v) is 8.46. The van der Waals surface area contributed by atoms with Crippen molar-refractivity contribution in [1.82, 2.24) is 10.2 Å². The number of carbonyl (C=O) groups excluding carboxylic acids is 1. The smallest absolute Gasteiger partial charge is 0.255 e. The van der Waals surface area contributed by atoms with Crippen molar-refractivity contribution >= 4 is 5.91 Å². The third-order valence-corrected chi connectivity index (χ3v) is 2.63. The van der Waals surface area contributed by atoms with Crippen LogP contribution in [0.3, 0.4) is 0 Å². The lowest BCUT2D eigenvalue weighted by Gasteiger charge is -2.22. The molecule has 0 spiro atoms. The van der Waals surface area contributed by atoms with E-state index in [1.165, 1.54) is 7.05 Å². The predicted octanol–water partition coefficient (Wildman–Crippen LogP) is 0.708. The van der Waals surface area contributed by atoms with Crippen molar-refractivity contribution < 1.29 is 13.6 Å². The van der Waals surface area contributed by atoms with Gasteiger partial charge in [0, 0.05) is 13.1 Å². The number of alkyl halides is 2. The zero-order chi connectivity index (χ0) is 10.7. The molecule has 1 saturated heterocycles. The number of hydrogen-bond donors (Lipinski definition) is 1. The average Bonchev–Trinajstić information content (AvgIpc) is 2.48. The lowest BCUT2D eigenvalue weighted by Crippen LogP contribution is -2.40. The number of amides is 1. The topological polar surface area (TPSA) is 32.3 Å². The Bertz CT molecular complexity index is 211. The van der Waals surface area contributed by atoms with Gasteiger partial charge in [-0.2, -0.15) is 0 Å². The number of rotatable bonds is 3. The number of halogens is 2. The molecule has 1 fully saturated rings. The van der Waals surface area contributed by atoms with Crippen LogP contribution in [0.4, 0.5) is 8.78 Å². The Labute approximate surface area is 82.5 Å². The highest BCUT2D eigenvalue weighted by atomic mass is 19.3. The molecule has 14 heavy (non-hydrogen) atoms. The van der Waals surface area contributed by atoms with Crippen molar-refractivity contribution in [3.63, 3.8) is 0 Å². The van der Waals surface area contributed by atoms with Crippen LogP contribution in [0.25, 0.3) is 0 Å². The molecule has 5 heteroatoms. The van der Waals surface area contributed by atoms with Gasteiger partial charge in [-0.3, -0.25) is 4.79 Å². The first-order valence-corrected chi connectivity index (χ1v) is 4.79. The molecule has 0 aliphatic carbocycles. The Morgan fingerprint density at radius 3 is 2.71 bits per heavy atom. The molecule has 1 N–H and O–H groups in total. The fourth-order valence-corrected chi connectivity index (χ4v) is 1.78. The van der Waals surface area contributed by atoms with Crippen molar-refractivity contribution in [1.29, 1.82) is 0 Å². The van der Waals surface area contributed by atoms with Crippen LogP contribution in [0.2, 0.25) is 0 Å². The van der Waals surface area contributed by atoms with E-state index in [-0.39, 0.29) is 17.9 Å². The largest absolute Gasteiger partial charge is 0.340 e. The summed E-state index contributed by atoms with van der Waals surface area (Å²) in [6, 6.07) is 0.0997. The third-order valence-electron chi connectivity index (χ3n) is 2.63. The summed E-state index contributed by atoms with van der Waals surface area (Å²) in [6.45, 7) is 2.23. The van der Waals surface area contributed by atoms with Crippen molar-refractivity contribution in [2.24, 2.45) is 5.92 Å². The van der Waals surface area contributed by atoms with Gasteiger partial charge in [-0.05, 0) is 19.9 Å². The molecule has 2 unspecified atom stereocenters. The van der Waals surface area contributed by atoms with Gasteiger partial charge in [0.15, 0.2) is 0 Å². The van der Waals surface area contributed by atoms with E-state index < -0.39 is 13.0 Å². The monoisotopic (exact) mass is 206 g/mol. The molecule has 1 aliphatic rings. The maximum absolute atomic E-state index is 12.0. The summed E-state index contributed by atoms with van der Waals surface area (Å²) in [5.74, 6) is -0.318. The van der Waals surface area contributed by atoms with E-state index in [1.54, 1.807) is 0 Å². The van der Waals surface area contributed by atoms with Crippen LogP contribution in [-0.2, 0) is 4.79 Å². The van der Waals surface area contributed by atoms with Crippen molar-refractivity contribution in [2.75, 3.05) is 20.1 Å². The normalized spacial score (nSPS) is 26.9. The van der Waals surface area contributed by atoms with E-state index in [4.69, 9.17) is 0 Å². The first-order valence-electron chi connectivity index (χ1n) is 4.79. The molecule has 0 aromatic rings. The van der Waals surface area contributed by atoms with Crippen LogP contribution in [0.15, 0.2) is 0 Å². The molecule has 82 valence electrons. The van der Waals surface area contributed by atoms with Gasteiger partial charge < -0.3 is 10.2 Å². The molecule has 3 nitrogen and oxygen atoms in total. The quantitative estimate of drug-likeness (QED) is 0.737. The molecule has 0 bridgehead atoms. The van der Waals surface area contributed by atoms with E-state index in [0.717, 1.165) is 17.9 Å². The van der Waals surface area contributed by atoms with Gasteiger partial charge in [0.25, 0.3) is 6.43 Å². The summed E-state index contributed by atoms with van der Waals surface area (Å²) in [4.78, 5) is 12.8. The first-order chi connectivity index (χ1) is 6.52. The Morgan fingerprint density at radius 1 is 1.64 bits per heavy atom. The maximum atomic E-state index is 12.0. The van der Waals surface area contributed by atoms with Crippen LogP contribution in [0.1, 0.15) is 13.3 Å². The molecule has 1 amide bonds. The second-order valence-electron chi connectivity index (χ2n) is 3.75. The van der Waals surface area contributed by atoms with Crippen LogP contribution < -0.4 is 5.32 Å². The number of nitrogens with zero attached hydrogens (tertiary/aromatic N) is 1. The van der Waals surface area contributed by atoms with Gasteiger partial charge in [0.1, 0.15) is 0 Å². The Kier molecular flexibility index (Phi) is 3.80. The van der Waals surface area contributed by atoms with Crippen molar-refractivity contribution in [3.8, 4) is 0 Å². The average molecular weight is 206 g/mol. The minimum atomic E-state index is -2.45. The summed E-state index contributed by atoms with van der Waals surface area (Å²) in [6.07, 6.45) is -1.71. The lowest BCUT2D eigenvalue weighted by atomic mass is 10.0. The van der Waals surface area contributed by atoms with Gasteiger partial charge in [-0.1, -0.05) is 0 Å². The summed E-state index contributed by atoms with van der Waals surface area (Å²) < 4.78 is 24.0. The summed E-state index contributed by atoms with van der Waals surface area (Å²) >= 11 is 0. The van der Waals surface area contributed by atoms with E-state index >= 15 is 0 Å². The highest BCUT2D eigenvalue weighted by molar-refractivity contribution is 5.79. The molecule has 1 heterocycles. The molecular weight excluding hydrogens is 190 g/mol. The predicted molar refractivity (Wildman–Crippen MR) is 49.2 cm³/mol. The number of hydrogen-bond acceptors (Lipinski definition) is 2. The molecule has 0 aromatic carbocycles. The summed E-state index contributed by atoms with van der Waals surface area (Å²) in [5, 5.41) is 3.12. The molecule has 0 saturated carbocycles. The maximum Gasteiger partial charge on any atom is 0.255 e. The van der Waals surface area contributed by atoms with Crippen LogP contribution >= 0.6 is 0 Å². The minimum Gasteiger partial charge on any atom is -0.340 e. The second-order valence-corrected chi connectivity index (χ2v) is 3.75. The Morgan fingerprint density at radius 2 is 2.29 bits per heavy atom. The molecule has 2 atom stereocenters. The molecule has 0 aromatic heterocycles. The standard InChI is InChI=1S/C9H16F2N2O/c1-6-7(3-4-12-6)9(14)13(2)5-8(10)11/h6-8,12H,3-5H2,1-2H3. The zero-order valence-electron chi connectivity index (χ0n) is 8.46. The van der Waals surface area contributed by atoms with Crippen molar-refractivity contribution in [2.45, 2.75) is 25.8 Å². The fourth-order valence-electron chi connectivity index (χ4n) is 1.78. The van der Waals surface area contributed by atoms with E-state index in [1.807, 2.05) is 6.92 Å². The molecule has 1 aliphatic heterocycles. The van der Waals surface area contributed by atoms with Gasteiger partial charge in [0.05, 0.1) is 12.5 Å². The highest BCUT2D eigenvalue weighted by Gasteiger charge is 2.31. The highest BCUT2D eigenvalue weighted by Crippen LogP contribution is 2.17. The van der Waals surface area contributed by atoms with Gasteiger partial charge in [0.2, 0.25) is 5.91 Å². The second kappa shape index (κ2) is 4.68. The van der Waals surface area contributed by atoms with Gasteiger partial charge in [-0.15, -0.1) is 0 Å². The lowest BCUT2D eigenvalue weighted by molar-refractivity contribution is -0.136. The van der Waals surface area contributed by atoms with Crippen LogP contribution in [0, 0.1) is 5.92 Å². The molecule has 0 radical (unpaired) electrons.